The van der Waals surface area contributed by atoms with E-state index in [1.807, 2.05) is 25.4 Å². The Morgan fingerprint density at radius 2 is 2.31 bits per heavy atom. The fraction of sp³-hybridized carbons (Fsp3) is 0.333. The maximum atomic E-state index is 10.8. The third-order valence-electron chi connectivity index (χ3n) is 2.81. The Morgan fingerprint density at radius 1 is 1.50 bits per heavy atom. The van der Waals surface area contributed by atoms with Crippen molar-refractivity contribution in [1.82, 2.24) is 9.55 Å². The third kappa shape index (κ3) is 2.07. The van der Waals surface area contributed by atoms with E-state index in [-0.39, 0.29) is 0 Å². The van der Waals surface area contributed by atoms with E-state index in [1.165, 1.54) is 0 Å². The Morgan fingerprint density at radius 3 is 2.88 bits per heavy atom. The zero-order valence-corrected chi connectivity index (χ0v) is 10.3. The van der Waals surface area contributed by atoms with Gasteiger partial charge in [-0.05, 0) is 19.9 Å². The van der Waals surface area contributed by atoms with Gasteiger partial charge in [0.1, 0.15) is 0 Å². The van der Waals surface area contributed by atoms with Gasteiger partial charge in [-0.15, -0.1) is 11.3 Å². The Balaban J connectivity index is 2.15. The van der Waals surface area contributed by atoms with Crippen molar-refractivity contribution in [3.05, 3.63) is 39.6 Å². The summed E-state index contributed by atoms with van der Waals surface area (Å²) in [5, 5.41) is 2.06. The van der Waals surface area contributed by atoms with Gasteiger partial charge in [-0.3, -0.25) is 4.79 Å². The zero-order valence-electron chi connectivity index (χ0n) is 9.43. The van der Waals surface area contributed by atoms with Crippen molar-refractivity contribution < 1.29 is 4.79 Å². The number of carbonyl (C=O) groups is 1. The minimum absolute atomic E-state index is 0.788. The lowest BCUT2D eigenvalue weighted by Gasteiger charge is -2.07. The first kappa shape index (κ1) is 11.1. The summed E-state index contributed by atoms with van der Waals surface area (Å²) >= 11 is 1.62. The van der Waals surface area contributed by atoms with Crippen LogP contribution in [0.5, 0.6) is 0 Å². The second-order valence-corrected chi connectivity index (χ2v) is 4.54. The van der Waals surface area contributed by atoms with Crippen molar-refractivity contribution in [2.45, 2.75) is 26.8 Å². The standard InChI is InChI=1S/C12H14N2OS/c1-9-5-11(6-15)10(2)14(9)4-3-12-7-16-8-13-12/h5-8H,3-4H2,1-2H3. The highest BCUT2D eigenvalue weighted by Crippen LogP contribution is 2.14. The minimum Gasteiger partial charge on any atom is -0.348 e. The predicted molar refractivity (Wildman–Crippen MR) is 65.1 cm³/mol. The van der Waals surface area contributed by atoms with Crippen LogP contribution in [0.2, 0.25) is 0 Å². The second kappa shape index (κ2) is 4.61. The molecule has 0 spiro atoms. The summed E-state index contributed by atoms with van der Waals surface area (Å²) in [5.41, 5.74) is 5.93. The quantitative estimate of drug-likeness (QED) is 0.762. The van der Waals surface area contributed by atoms with Gasteiger partial charge in [-0.25, -0.2) is 4.98 Å². The molecule has 0 aliphatic rings. The van der Waals surface area contributed by atoms with Crippen LogP contribution in [-0.2, 0) is 13.0 Å². The van der Waals surface area contributed by atoms with Gasteiger partial charge < -0.3 is 4.57 Å². The molecule has 0 saturated carbocycles. The van der Waals surface area contributed by atoms with E-state index in [4.69, 9.17) is 0 Å². The van der Waals surface area contributed by atoms with Crippen molar-refractivity contribution in [1.29, 1.82) is 0 Å². The number of hydrogen-bond acceptors (Lipinski definition) is 3. The predicted octanol–water partition coefficient (Wildman–Crippen LogP) is 2.62. The Bertz CT molecular complexity index is 485. The second-order valence-electron chi connectivity index (χ2n) is 3.83. The molecule has 0 atom stereocenters. The molecule has 0 amide bonds. The zero-order chi connectivity index (χ0) is 11.5. The van der Waals surface area contributed by atoms with E-state index < -0.39 is 0 Å². The third-order valence-corrected chi connectivity index (χ3v) is 3.45. The van der Waals surface area contributed by atoms with Crippen molar-refractivity contribution in [3.8, 4) is 0 Å². The van der Waals surface area contributed by atoms with Gasteiger partial charge in [0.15, 0.2) is 6.29 Å². The number of rotatable bonds is 4. The summed E-state index contributed by atoms with van der Waals surface area (Å²) in [6, 6.07) is 1.93. The van der Waals surface area contributed by atoms with Gasteiger partial charge >= 0.3 is 0 Å². The smallest absolute Gasteiger partial charge is 0.151 e. The normalized spacial score (nSPS) is 10.6. The monoisotopic (exact) mass is 234 g/mol. The summed E-state index contributed by atoms with van der Waals surface area (Å²) in [5.74, 6) is 0. The lowest BCUT2D eigenvalue weighted by Crippen LogP contribution is -2.05. The Hall–Kier alpha value is -1.42. The first-order valence-electron chi connectivity index (χ1n) is 5.21. The van der Waals surface area contributed by atoms with Crippen LogP contribution in [0, 0.1) is 13.8 Å². The van der Waals surface area contributed by atoms with Crippen LogP contribution in [0.1, 0.15) is 27.4 Å². The fourth-order valence-corrected chi connectivity index (χ4v) is 2.47. The Labute approximate surface area is 98.8 Å². The molecule has 0 saturated heterocycles. The fourth-order valence-electron chi connectivity index (χ4n) is 1.88. The van der Waals surface area contributed by atoms with Crippen LogP contribution >= 0.6 is 11.3 Å². The van der Waals surface area contributed by atoms with E-state index in [9.17, 15) is 4.79 Å². The molecule has 2 aromatic heterocycles. The molecule has 0 radical (unpaired) electrons. The number of thiazole rings is 1. The van der Waals surface area contributed by atoms with E-state index in [0.29, 0.717) is 0 Å². The molecule has 0 fully saturated rings. The number of aromatic nitrogens is 2. The summed E-state index contributed by atoms with van der Waals surface area (Å²) in [7, 11) is 0. The summed E-state index contributed by atoms with van der Waals surface area (Å²) in [6.45, 7) is 4.90. The molecule has 0 aromatic carbocycles. The summed E-state index contributed by atoms with van der Waals surface area (Å²) < 4.78 is 2.17. The minimum atomic E-state index is 0.788. The van der Waals surface area contributed by atoms with Crippen LogP contribution in [0.15, 0.2) is 17.0 Å². The average molecular weight is 234 g/mol. The Kier molecular flexibility index (Phi) is 3.19. The molecule has 3 nitrogen and oxygen atoms in total. The van der Waals surface area contributed by atoms with Gasteiger partial charge in [0.2, 0.25) is 0 Å². The van der Waals surface area contributed by atoms with Crippen molar-refractivity contribution in [2.75, 3.05) is 0 Å². The van der Waals surface area contributed by atoms with Gasteiger partial charge in [-0.2, -0.15) is 0 Å². The van der Waals surface area contributed by atoms with Crippen molar-refractivity contribution >= 4 is 17.6 Å². The largest absolute Gasteiger partial charge is 0.348 e. The van der Waals surface area contributed by atoms with E-state index in [2.05, 4.69) is 14.9 Å². The highest BCUT2D eigenvalue weighted by molar-refractivity contribution is 7.07. The van der Waals surface area contributed by atoms with Crippen LogP contribution in [0.25, 0.3) is 0 Å². The number of hydrogen-bond donors (Lipinski definition) is 0. The number of aldehydes is 1. The lowest BCUT2D eigenvalue weighted by atomic mass is 10.3. The number of aryl methyl sites for hydroxylation is 2. The van der Waals surface area contributed by atoms with Crippen LogP contribution < -0.4 is 0 Å². The van der Waals surface area contributed by atoms with E-state index in [0.717, 1.165) is 41.9 Å². The molecule has 2 aromatic rings. The highest BCUT2D eigenvalue weighted by atomic mass is 32.1. The summed E-state index contributed by atoms with van der Waals surface area (Å²) in [4.78, 5) is 15.1. The lowest BCUT2D eigenvalue weighted by molar-refractivity contribution is 0.112. The van der Waals surface area contributed by atoms with Crippen molar-refractivity contribution in [2.24, 2.45) is 0 Å². The maximum absolute atomic E-state index is 10.8. The number of nitrogens with zero attached hydrogens (tertiary/aromatic N) is 2. The molecular formula is C12H14N2OS. The van der Waals surface area contributed by atoms with Crippen LogP contribution in [0.3, 0.4) is 0 Å². The van der Waals surface area contributed by atoms with Gasteiger partial charge in [-0.1, -0.05) is 0 Å². The van der Waals surface area contributed by atoms with E-state index >= 15 is 0 Å². The molecule has 84 valence electrons. The van der Waals surface area contributed by atoms with Crippen molar-refractivity contribution in [3.63, 3.8) is 0 Å². The molecule has 2 rings (SSSR count). The van der Waals surface area contributed by atoms with Gasteiger partial charge in [0.25, 0.3) is 0 Å². The van der Waals surface area contributed by atoms with E-state index in [1.54, 1.807) is 11.3 Å². The molecule has 0 unspecified atom stereocenters. The number of carbonyl (C=O) groups excluding carboxylic acids is 1. The van der Waals surface area contributed by atoms with Crippen LogP contribution in [0.4, 0.5) is 0 Å². The molecule has 16 heavy (non-hydrogen) atoms. The topological polar surface area (TPSA) is 34.9 Å². The van der Waals surface area contributed by atoms with Gasteiger partial charge in [0, 0.05) is 35.3 Å². The highest BCUT2D eigenvalue weighted by Gasteiger charge is 2.08. The molecule has 0 N–H and O–H groups in total. The first-order valence-corrected chi connectivity index (χ1v) is 6.15. The molecule has 4 heteroatoms. The molecule has 0 bridgehead atoms. The molecule has 0 aliphatic carbocycles. The maximum Gasteiger partial charge on any atom is 0.151 e. The first-order chi connectivity index (χ1) is 7.72. The molecular weight excluding hydrogens is 220 g/mol. The van der Waals surface area contributed by atoms with Crippen LogP contribution in [-0.4, -0.2) is 15.8 Å². The average Bonchev–Trinajstić information content (AvgIpc) is 2.86. The van der Waals surface area contributed by atoms with Gasteiger partial charge in [0.05, 0.1) is 11.2 Å². The molecule has 2 heterocycles. The SMILES string of the molecule is Cc1cc(C=O)c(C)n1CCc1cscn1. The molecule has 0 aliphatic heterocycles. The summed E-state index contributed by atoms with van der Waals surface area (Å²) in [6.07, 6.45) is 1.83.